The lowest BCUT2D eigenvalue weighted by Gasteiger charge is -2.21. The van der Waals surface area contributed by atoms with E-state index in [9.17, 15) is 0 Å². The minimum absolute atomic E-state index is 0.473. The summed E-state index contributed by atoms with van der Waals surface area (Å²) in [4.78, 5) is 8.40. The smallest absolute Gasteiger partial charge is 0.241 e. The number of nitrogens with zero attached hydrogens (tertiary/aromatic N) is 3. The summed E-state index contributed by atoms with van der Waals surface area (Å²) >= 11 is 1.82. The number of hydrogen-bond acceptors (Lipinski definition) is 6. The Morgan fingerprint density at radius 2 is 2.17 bits per heavy atom. The van der Waals surface area contributed by atoms with Crippen LogP contribution >= 0.6 is 11.3 Å². The molecule has 1 saturated heterocycles. The van der Waals surface area contributed by atoms with Crippen LogP contribution in [0.4, 0.5) is 0 Å². The van der Waals surface area contributed by atoms with E-state index in [1.54, 1.807) is 7.11 Å². The van der Waals surface area contributed by atoms with Gasteiger partial charge in [0.1, 0.15) is 5.75 Å². The molecule has 1 aliphatic heterocycles. The molecule has 1 aromatic carbocycles. The predicted molar refractivity (Wildman–Crippen MR) is 93.0 cm³/mol. The van der Waals surface area contributed by atoms with Crippen molar-refractivity contribution < 1.29 is 9.26 Å². The number of ether oxygens (including phenoxy) is 1. The molecule has 0 spiro atoms. The van der Waals surface area contributed by atoms with Gasteiger partial charge in [-0.1, -0.05) is 11.2 Å². The molecule has 6 heteroatoms. The molecule has 0 amide bonds. The van der Waals surface area contributed by atoms with Crippen LogP contribution in [0, 0.1) is 0 Å². The van der Waals surface area contributed by atoms with Gasteiger partial charge in [0.15, 0.2) is 0 Å². The zero-order valence-corrected chi connectivity index (χ0v) is 14.3. The van der Waals surface area contributed by atoms with Crippen molar-refractivity contribution >= 4 is 11.3 Å². The van der Waals surface area contributed by atoms with Crippen LogP contribution in [0.5, 0.6) is 5.75 Å². The van der Waals surface area contributed by atoms with Crippen molar-refractivity contribution in [3.05, 3.63) is 52.5 Å². The predicted octanol–water partition coefficient (Wildman–Crippen LogP) is 4.14. The Morgan fingerprint density at radius 1 is 1.29 bits per heavy atom. The standard InChI is InChI=1S/C18H19N3O2S/c1-22-14-8-6-13(7-9-14)18-19-17(23-20-18)12-21-10-2-4-15(21)16-5-3-11-24-16/h3,5-9,11,15H,2,4,10,12H2,1H3. The average molecular weight is 341 g/mol. The third-order valence-electron chi connectivity index (χ3n) is 4.39. The van der Waals surface area contributed by atoms with Crippen LogP contribution in [0.1, 0.15) is 29.7 Å². The summed E-state index contributed by atoms with van der Waals surface area (Å²) in [7, 11) is 1.65. The Kier molecular flexibility index (Phi) is 4.32. The Morgan fingerprint density at radius 3 is 2.92 bits per heavy atom. The SMILES string of the molecule is COc1ccc(-c2noc(CN3CCCC3c3cccs3)n2)cc1. The first-order valence-electron chi connectivity index (χ1n) is 8.08. The maximum atomic E-state index is 5.47. The number of likely N-dealkylation sites (tertiary alicyclic amines) is 1. The van der Waals surface area contributed by atoms with Crippen LogP contribution in [-0.2, 0) is 6.54 Å². The minimum atomic E-state index is 0.473. The largest absolute Gasteiger partial charge is 0.497 e. The van der Waals surface area contributed by atoms with Crippen LogP contribution < -0.4 is 4.74 Å². The van der Waals surface area contributed by atoms with E-state index in [2.05, 4.69) is 32.6 Å². The van der Waals surface area contributed by atoms with E-state index in [4.69, 9.17) is 9.26 Å². The van der Waals surface area contributed by atoms with Crippen molar-refractivity contribution in [2.45, 2.75) is 25.4 Å². The van der Waals surface area contributed by atoms with E-state index in [-0.39, 0.29) is 0 Å². The van der Waals surface area contributed by atoms with Gasteiger partial charge < -0.3 is 9.26 Å². The molecule has 0 aliphatic carbocycles. The van der Waals surface area contributed by atoms with Crippen LogP contribution in [-0.4, -0.2) is 28.7 Å². The van der Waals surface area contributed by atoms with Crippen LogP contribution in [0.15, 0.2) is 46.3 Å². The van der Waals surface area contributed by atoms with E-state index in [0.717, 1.165) is 17.9 Å². The highest BCUT2D eigenvalue weighted by Gasteiger charge is 2.28. The van der Waals surface area contributed by atoms with Gasteiger partial charge in [0.25, 0.3) is 0 Å². The van der Waals surface area contributed by atoms with Gasteiger partial charge in [-0.3, -0.25) is 4.90 Å². The fraction of sp³-hybridized carbons (Fsp3) is 0.333. The highest BCUT2D eigenvalue weighted by Crippen LogP contribution is 2.35. The molecule has 3 heterocycles. The molecule has 1 atom stereocenters. The van der Waals surface area contributed by atoms with Crippen LogP contribution in [0.3, 0.4) is 0 Å². The zero-order valence-electron chi connectivity index (χ0n) is 13.5. The number of aromatic nitrogens is 2. The number of methoxy groups -OCH3 is 1. The number of thiophene rings is 1. The molecular weight excluding hydrogens is 322 g/mol. The van der Waals surface area contributed by atoms with E-state index >= 15 is 0 Å². The fourth-order valence-corrected chi connectivity index (χ4v) is 4.06. The summed E-state index contributed by atoms with van der Waals surface area (Å²) in [6.45, 7) is 1.77. The first-order valence-corrected chi connectivity index (χ1v) is 8.96. The number of hydrogen-bond donors (Lipinski definition) is 0. The quantitative estimate of drug-likeness (QED) is 0.698. The highest BCUT2D eigenvalue weighted by atomic mass is 32.1. The van der Waals surface area contributed by atoms with E-state index in [1.165, 1.54) is 17.7 Å². The maximum absolute atomic E-state index is 5.47. The first-order chi connectivity index (χ1) is 11.8. The number of rotatable bonds is 5. The summed E-state index contributed by atoms with van der Waals surface area (Å²) in [6, 6.07) is 12.5. The highest BCUT2D eigenvalue weighted by molar-refractivity contribution is 7.10. The second-order valence-corrected chi connectivity index (χ2v) is 6.86. The van der Waals surface area contributed by atoms with E-state index in [1.807, 2.05) is 35.6 Å². The van der Waals surface area contributed by atoms with Gasteiger partial charge in [-0.25, -0.2) is 0 Å². The maximum Gasteiger partial charge on any atom is 0.241 e. The summed E-state index contributed by atoms with van der Waals surface area (Å²) < 4.78 is 10.6. The fourth-order valence-electron chi connectivity index (χ4n) is 3.17. The zero-order chi connectivity index (χ0) is 16.4. The lowest BCUT2D eigenvalue weighted by Crippen LogP contribution is -2.22. The monoisotopic (exact) mass is 341 g/mol. The molecule has 124 valence electrons. The summed E-state index contributed by atoms with van der Waals surface area (Å²) in [5, 5.41) is 6.26. The Balaban J connectivity index is 1.48. The second kappa shape index (κ2) is 6.75. The summed E-state index contributed by atoms with van der Waals surface area (Å²) in [5.74, 6) is 2.11. The third kappa shape index (κ3) is 3.07. The number of benzene rings is 1. The molecule has 0 saturated carbocycles. The lowest BCUT2D eigenvalue weighted by atomic mass is 10.2. The van der Waals surface area contributed by atoms with Crippen molar-refractivity contribution in [3.8, 4) is 17.1 Å². The Labute approximate surface area is 144 Å². The molecule has 0 bridgehead atoms. The normalized spacial score (nSPS) is 18.1. The molecule has 2 aromatic heterocycles. The van der Waals surface area contributed by atoms with E-state index in [0.29, 0.717) is 24.3 Å². The molecule has 0 radical (unpaired) electrons. The summed E-state index contributed by atoms with van der Waals surface area (Å²) in [6.07, 6.45) is 2.40. The Hall–Kier alpha value is -2.18. The minimum Gasteiger partial charge on any atom is -0.497 e. The van der Waals surface area contributed by atoms with Gasteiger partial charge in [-0.15, -0.1) is 11.3 Å². The van der Waals surface area contributed by atoms with Crippen LogP contribution in [0.2, 0.25) is 0 Å². The second-order valence-electron chi connectivity index (χ2n) is 5.88. The van der Waals surface area contributed by atoms with Crippen molar-refractivity contribution in [3.63, 3.8) is 0 Å². The molecule has 1 fully saturated rings. The van der Waals surface area contributed by atoms with Crippen molar-refractivity contribution in [2.75, 3.05) is 13.7 Å². The van der Waals surface area contributed by atoms with Crippen molar-refractivity contribution in [2.24, 2.45) is 0 Å². The van der Waals surface area contributed by atoms with Crippen LogP contribution in [0.25, 0.3) is 11.4 Å². The molecule has 1 unspecified atom stereocenters. The van der Waals surface area contributed by atoms with Gasteiger partial charge in [0.05, 0.1) is 13.7 Å². The van der Waals surface area contributed by atoms with E-state index < -0.39 is 0 Å². The third-order valence-corrected chi connectivity index (χ3v) is 5.36. The summed E-state index contributed by atoms with van der Waals surface area (Å²) in [5.41, 5.74) is 0.932. The molecule has 3 aromatic rings. The molecule has 5 nitrogen and oxygen atoms in total. The lowest BCUT2D eigenvalue weighted by molar-refractivity contribution is 0.214. The molecular formula is C18H19N3O2S. The molecule has 4 rings (SSSR count). The van der Waals surface area contributed by atoms with Gasteiger partial charge in [0, 0.05) is 16.5 Å². The van der Waals surface area contributed by atoms with Crippen molar-refractivity contribution in [1.82, 2.24) is 15.0 Å². The average Bonchev–Trinajstić information content (AvgIpc) is 3.37. The van der Waals surface area contributed by atoms with Gasteiger partial charge in [-0.2, -0.15) is 4.98 Å². The Bertz CT molecular complexity index is 783. The first kappa shape index (κ1) is 15.4. The molecule has 24 heavy (non-hydrogen) atoms. The van der Waals surface area contributed by atoms with Gasteiger partial charge in [-0.05, 0) is 55.1 Å². The molecule has 1 aliphatic rings. The molecule has 0 N–H and O–H groups in total. The van der Waals surface area contributed by atoms with Gasteiger partial charge in [0.2, 0.25) is 11.7 Å². The van der Waals surface area contributed by atoms with Gasteiger partial charge >= 0.3 is 0 Å². The topological polar surface area (TPSA) is 51.4 Å². The van der Waals surface area contributed by atoms with Crippen molar-refractivity contribution in [1.29, 1.82) is 0 Å².